The third-order valence-electron chi connectivity index (χ3n) is 2.86. The molecule has 4 heteroatoms. The molecule has 0 saturated heterocycles. The predicted octanol–water partition coefficient (Wildman–Crippen LogP) is 2.46. The second kappa shape index (κ2) is 5.87. The van der Waals surface area contributed by atoms with Gasteiger partial charge in [-0.3, -0.25) is 4.79 Å². The normalized spacial score (nSPS) is 15.2. The average molecular weight is 250 g/mol. The SMILES string of the molecule is CCOC(CC)C(=O)c1ccc2c(c1)OCCO2. The summed E-state index contributed by atoms with van der Waals surface area (Å²) in [5, 5.41) is 0. The molecule has 18 heavy (non-hydrogen) atoms. The molecule has 4 nitrogen and oxygen atoms in total. The Balaban J connectivity index is 2.19. The molecule has 0 spiro atoms. The van der Waals surface area contributed by atoms with Crippen LogP contribution in [0.25, 0.3) is 0 Å². The largest absolute Gasteiger partial charge is 0.486 e. The molecule has 0 aliphatic carbocycles. The minimum Gasteiger partial charge on any atom is -0.486 e. The van der Waals surface area contributed by atoms with Crippen molar-refractivity contribution in [3.63, 3.8) is 0 Å². The van der Waals surface area contributed by atoms with Gasteiger partial charge in [0.05, 0.1) is 0 Å². The molecule has 1 atom stereocenters. The van der Waals surface area contributed by atoms with Crippen LogP contribution in [0.15, 0.2) is 18.2 Å². The van der Waals surface area contributed by atoms with Crippen LogP contribution in [0.2, 0.25) is 0 Å². The first-order valence-corrected chi connectivity index (χ1v) is 6.31. The highest BCUT2D eigenvalue weighted by atomic mass is 16.6. The van der Waals surface area contributed by atoms with Gasteiger partial charge in [0, 0.05) is 12.2 Å². The van der Waals surface area contributed by atoms with Crippen LogP contribution in [0.1, 0.15) is 30.6 Å². The van der Waals surface area contributed by atoms with Crippen molar-refractivity contribution >= 4 is 5.78 Å². The van der Waals surface area contributed by atoms with Crippen molar-refractivity contribution < 1.29 is 19.0 Å². The van der Waals surface area contributed by atoms with Gasteiger partial charge in [-0.05, 0) is 31.5 Å². The molecule has 0 aromatic heterocycles. The number of ketones is 1. The van der Waals surface area contributed by atoms with E-state index in [9.17, 15) is 4.79 Å². The van der Waals surface area contributed by atoms with E-state index in [2.05, 4.69) is 0 Å². The van der Waals surface area contributed by atoms with Crippen LogP contribution < -0.4 is 9.47 Å². The third kappa shape index (κ3) is 2.64. The second-order valence-electron chi connectivity index (χ2n) is 4.07. The Bertz CT molecular complexity index is 428. The lowest BCUT2D eigenvalue weighted by atomic mass is 10.0. The summed E-state index contributed by atoms with van der Waals surface area (Å²) >= 11 is 0. The molecule has 1 aliphatic rings. The van der Waals surface area contributed by atoms with Gasteiger partial charge in [-0.15, -0.1) is 0 Å². The minimum atomic E-state index is -0.377. The number of rotatable bonds is 5. The van der Waals surface area contributed by atoms with Crippen molar-refractivity contribution in [1.29, 1.82) is 0 Å². The van der Waals surface area contributed by atoms with E-state index < -0.39 is 0 Å². The van der Waals surface area contributed by atoms with Gasteiger partial charge in [-0.2, -0.15) is 0 Å². The molecule has 0 amide bonds. The number of hydrogen-bond acceptors (Lipinski definition) is 4. The van der Waals surface area contributed by atoms with Gasteiger partial charge >= 0.3 is 0 Å². The summed E-state index contributed by atoms with van der Waals surface area (Å²) in [6, 6.07) is 5.27. The van der Waals surface area contributed by atoms with Crippen LogP contribution in [0.3, 0.4) is 0 Å². The molecule has 1 heterocycles. The number of Topliss-reactive ketones (excluding diaryl/α,β-unsaturated/α-hetero) is 1. The molecular weight excluding hydrogens is 232 g/mol. The number of ether oxygens (including phenoxy) is 3. The Kier molecular flexibility index (Phi) is 4.20. The summed E-state index contributed by atoms with van der Waals surface area (Å²) in [7, 11) is 0. The fraction of sp³-hybridized carbons (Fsp3) is 0.500. The van der Waals surface area contributed by atoms with Crippen LogP contribution in [-0.4, -0.2) is 31.7 Å². The number of benzene rings is 1. The molecular formula is C14H18O4. The smallest absolute Gasteiger partial charge is 0.191 e. The Morgan fingerprint density at radius 1 is 1.28 bits per heavy atom. The van der Waals surface area contributed by atoms with Crippen LogP contribution in [0.4, 0.5) is 0 Å². The first-order valence-electron chi connectivity index (χ1n) is 6.31. The first-order chi connectivity index (χ1) is 8.76. The molecule has 1 unspecified atom stereocenters. The zero-order valence-corrected chi connectivity index (χ0v) is 10.8. The van der Waals surface area contributed by atoms with E-state index >= 15 is 0 Å². The maximum atomic E-state index is 12.2. The highest BCUT2D eigenvalue weighted by Gasteiger charge is 2.21. The molecule has 1 aliphatic heterocycles. The van der Waals surface area contributed by atoms with Gasteiger partial charge in [-0.1, -0.05) is 6.92 Å². The molecule has 1 aromatic carbocycles. The van der Waals surface area contributed by atoms with E-state index in [0.29, 0.717) is 43.3 Å². The third-order valence-corrected chi connectivity index (χ3v) is 2.86. The maximum absolute atomic E-state index is 12.2. The second-order valence-corrected chi connectivity index (χ2v) is 4.07. The standard InChI is InChI=1S/C14H18O4/c1-3-11(16-4-2)14(15)10-5-6-12-13(9-10)18-8-7-17-12/h5-6,9,11H,3-4,7-8H2,1-2H3. The number of carbonyl (C=O) groups excluding carboxylic acids is 1. The van der Waals surface area contributed by atoms with Crippen molar-refractivity contribution in [2.75, 3.05) is 19.8 Å². The maximum Gasteiger partial charge on any atom is 0.191 e. The number of carbonyl (C=O) groups is 1. The van der Waals surface area contributed by atoms with Crippen molar-refractivity contribution in [3.05, 3.63) is 23.8 Å². The van der Waals surface area contributed by atoms with Crippen LogP contribution in [-0.2, 0) is 4.74 Å². The Labute approximate surface area is 107 Å². The van der Waals surface area contributed by atoms with Crippen LogP contribution in [0.5, 0.6) is 11.5 Å². The summed E-state index contributed by atoms with van der Waals surface area (Å²) in [5.74, 6) is 1.33. The monoisotopic (exact) mass is 250 g/mol. The summed E-state index contributed by atoms with van der Waals surface area (Å²) in [5.41, 5.74) is 0.611. The molecule has 0 bridgehead atoms. The first kappa shape index (κ1) is 12.9. The summed E-state index contributed by atoms with van der Waals surface area (Å²) < 4.78 is 16.3. The fourth-order valence-electron chi connectivity index (χ4n) is 1.96. The van der Waals surface area contributed by atoms with Gasteiger partial charge in [0.25, 0.3) is 0 Å². The molecule has 0 fully saturated rings. The molecule has 0 radical (unpaired) electrons. The van der Waals surface area contributed by atoms with E-state index in [1.165, 1.54) is 0 Å². The average Bonchev–Trinajstić information content (AvgIpc) is 2.43. The molecule has 0 saturated carbocycles. The van der Waals surface area contributed by atoms with Crippen molar-refractivity contribution in [3.8, 4) is 11.5 Å². The topological polar surface area (TPSA) is 44.8 Å². The predicted molar refractivity (Wildman–Crippen MR) is 67.5 cm³/mol. The lowest BCUT2D eigenvalue weighted by Crippen LogP contribution is -2.24. The van der Waals surface area contributed by atoms with E-state index in [-0.39, 0.29) is 11.9 Å². The van der Waals surface area contributed by atoms with Crippen molar-refractivity contribution in [2.45, 2.75) is 26.4 Å². The molecule has 0 N–H and O–H groups in total. The molecule has 1 aromatic rings. The molecule has 2 rings (SSSR count). The van der Waals surface area contributed by atoms with Crippen LogP contribution in [0, 0.1) is 0 Å². The Morgan fingerprint density at radius 3 is 2.67 bits per heavy atom. The molecule has 98 valence electrons. The van der Waals surface area contributed by atoms with Gasteiger partial charge < -0.3 is 14.2 Å². The van der Waals surface area contributed by atoms with E-state index in [1.807, 2.05) is 13.8 Å². The Morgan fingerprint density at radius 2 is 2.00 bits per heavy atom. The van der Waals surface area contributed by atoms with Gasteiger partial charge in [0.2, 0.25) is 0 Å². The number of fused-ring (bicyclic) bond motifs is 1. The Hall–Kier alpha value is -1.55. The van der Waals surface area contributed by atoms with Gasteiger partial charge in [-0.25, -0.2) is 0 Å². The lowest BCUT2D eigenvalue weighted by Gasteiger charge is -2.19. The van der Waals surface area contributed by atoms with Gasteiger partial charge in [0.1, 0.15) is 19.3 Å². The van der Waals surface area contributed by atoms with Crippen molar-refractivity contribution in [2.24, 2.45) is 0 Å². The fourth-order valence-corrected chi connectivity index (χ4v) is 1.96. The van der Waals surface area contributed by atoms with E-state index in [0.717, 1.165) is 0 Å². The van der Waals surface area contributed by atoms with Gasteiger partial charge in [0.15, 0.2) is 17.3 Å². The minimum absolute atomic E-state index is 0.00340. The zero-order valence-electron chi connectivity index (χ0n) is 10.8. The zero-order chi connectivity index (χ0) is 13.0. The quantitative estimate of drug-likeness (QED) is 0.753. The van der Waals surface area contributed by atoms with E-state index in [1.54, 1.807) is 18.2 Å². The summed E-state index contributed by atoms with van der Waals surface area (Å²) in [4.78, 5) is 12.2. The summed E-state index contributed by atoms with van der Waals surface area (Å²) in [6.45, 7) is 5.44. The van der Waals surface area contributed by atoms with Crippen molar-refractivity contribution in [1.82, 2.24) is 0 Å². The van der Waals surface area contributed by atoms with E-state index in [4.69, 9.17) is 14.2 Å². The lowest BCUT2D eigenvalue weighted by molar-refractivity contribution is 0.0443. The van der Waals surface area contributed by atoms with Crippen LogP contribution >= 0.6 is 0 Å². The number of hydrogen-bond donors (Lipinski definition) is 0. The highest BCUT2D eigenvalue weighted by molar-refractivity contribution is 6.00. The summed E-state index contributed by atoms with van der Waals surface area (Å²) in [6.07, 6.45) is 0.291. The highest BCUT2D eigenvalue weighted by Crippen LogP contribution is 2.31.